The number of hydrogen-bond donors (Lipinski definition) is 1. The van der Waals surface area contributed by atoms with E-state index in [4.69, 9.17) is 5.11 Å². The molecule has 0 heterocycles. The minimum atomic E-state index is -0.875. The fourth-order valence-electron chi connectivity index (χ4n) is 2.28. The van der Waals surface area contributed by atoms with Gasteiger partial charge in [0.1, 0.15) is 0 Å². The first-order chi connectivity index (χ1) is 9.59. The minimum Gasteiger partial charge on any atom is -0.478 e. The van der Waals surface area contributed by atoms with Gasteiger partial charge in [-0.3, -0.25) is 0 Å². The van der Waals surface area contributed by atoms with Gasteiger partial charge >= 0.3 is 5.97 Å². The van der Waals surface area contributed by atoms with Gasteiger partial charge < -0.3 is 5.11 Å². The Morgan fingerprint density at radius 1 is 1.05 bits per heavy atom. The number of carboxylic acid groups (broad SMARTS) is 1. The lowest BCUT2D eigenvalue weighted by Gasteiger charge is -2.17. The predicted octanol–water partition coefficient (Wildman–Crippen LogP) is 4.16. The van der Waals surface area contributed by atoms with Crippen LogP contribution in [0.4, 0.5) is 0 Å². The Bertz CT molecular complexity index is 627. The number of aryl methyl sites for hydroxylation is 1. The molecule has 0 fully saturated rings. The third kappa shape index (κ3) is 3.15. The van der Waals surface area contributed by atoms with E-state index in [9.17, 15) is 4.79 Å². The molecule has 102 valence electrons. The van der Waals surface area contributed by atoms with E-state index in [-0.39, 0.29) is 5.92 Å². The molecule has 2 aromatic carbocycles. The summed E-state index contributed by atoms with van der Waals surface area (Å²) in [7, 11) is 0. The molecule has 20 heavy (non-hydrogen) atoms. The van der Waals surface area contributed by atoms with E-state index in [2.05, 4.69) is 19.1 Å². The zero-order valence-electron chi connectivity index (χ0n) is 11.7. The first-order valence-electron chi connectivity index (χ1n) is 6.62. The molecule has 0 aliphatic carbocycles. The summed E-state index contributed by atoms with van der Waals surface area (Å²) in [6.07, 6.45) is 1.82. The molecule has 2 rings (SSSR count). The van der Waals surface area contributed by atoms with Crippen molar-refractivity contribution >= 4 is 5.97 Å². The maximum Gasteiger partial charge on any atom is 0.330 e. The maximum absolute atomic E-state index is 11.1. The molecular formula is C18H18O2. The van der Waals surface area contributed by atoms with Crippen LogP contribution in [0.1, 0.15) is 29.5 Å². The highest BCUT2D eigenvalue weighted by Gasteiger charge is 2.15. The van der Waals surface area contributed by atoms with Crippen LogP contribution in [0.3, 0.4) is 0 Å². The number of benzene rings is 2. The van der Waals surface area contributed by atoms with E-state index in [0.29, 0.717) is 5.57 Å². The molecule has 2 heteroatoms. The SMILES string of the molecule is CC(=CC(c1ccccc1)c1ccccc1C)C(=O)O. The van der Waals surface area contributed by atoms with Crippen molar-refractivity contribution in [2.24, 2.45) is 0 Å². The monoisotopic (exact) mass is 266 g/mol. The molecule has 0 bridgehead atoms. The van der Waals surface area contributed by atoms with Gasteiger partial charge in [-0.25, -0.2) is 4.79 Å². The Balaban J connectivity index is 2.54. The Morgan fingerprint density at radius 2 is 1.65 bits per heavy atom. The molecule has 0 aromatic heterocycles. The second-order valence-corrected chi connectivity index (χ2v) is 4.90. The van der Waals surface area contributed by atoms with Crippen LogP contribution in [-0.4, -0.2) is 11.1 Å². The highest BCUT2D eigenvalue weighted by molar-refractivity contribution is 5.86. The van der Waals surface area contributed by atoms with E-state index in [1.165, 1.54) is 0 Å². The summed E-state index contributed by atoms with van der Waals surface area (Å²) < 4.78 is 0. The molecule has 0 aliphatic rings. The van der Waals surface area contributed by atoms with Crippen molar-refractivity contribution in [1.29, 1.82) is 0 Å². The van der Waals surface area contributed by atoms with Gasteiger partial charge in [0.15, 0.2) is 0 Å². The normalized spacial score (nSPS) is 13.0. The molecule has 1 unspecified atom stereocenters. The Labute approximate surface area is 119 Å². The van der Waals surface area contributed by atoms with Crippen molar-refractivity contribution in [2.45, 2.75) is 19.8 Å². The second-order valence-electron chi connectivity index (χ2n) is 4.90. The Morgan fingerprint density at radius 3 is 2.25 bits per heavy atom. The molecule has 0 amide bonds. The molecule has 0 spiro atoms. The van der Waals surface area contributed by atoms with Crippen molar-refractivity contribution in [1.82, 2.24) is 0 Å². The first kappa shape index (κ1) is 14.1. The summed E-state index contributed by atoms with van der Waals surface area (Å²) in [5.74, 6) is -0.909. The van der Waals surface area contributed by atoms with E-state index in [1.807, 2.05) is 48.5 Å². The summed E-state index contributed by atoms with van der Waals surface area (Å²) >= 11 is 0. The van der Waals surface area contributed by atoms with E-state index < -0.39 is 5.97 Å². The van der Waals surface area contributed by atoms with E-state index in [0.717, 1.165) is 16.7 Å². The highest BCUT2D eigenvalue weighted by atomic mass is 16.4. The number of hydrogen-bond acceptors (Lipinski definition) is 1. The molecule has 2 aromatic rings. The van der Waals surface area contributed by atoms with Crippen molar-refractivity contribution in [3.8, 4) is 0 Å². The second kappa shape index (κ2) is 6.20. The largest absolute Gasteiger partial charge is 0.478 e. The van der Waals surface area contributed by atoms with Gasteiger partial charge in [0.2, 0.25) is 0 Å². The molecule has 2 nitrogen and oxygen atoms in total. The number of carbonyl (C=O) groups is 1. The van der Waals surface area contributed by atoms with Crippen LogP contribution >= 0.6 is 0 Å². The smallest absolute Gasteiger partial charge is 0.330 e. The van der Waals surface area contributed by atoms with Crippen LogP contribution in [-0.2, 0) is 4.79 Å². The highest BCUT2D eigenvalue weighted by Crippen LogP contribution is 2.29. The summed E-state index contributed by atoms with van der Waals surface area (Å²) in [6.45, 7) is 3.69. The summed E-state index contributed by atoms with van der Waals surface area (Å²) in [4.78, 5) is 11.1. The number of carboxylic acids is 1. The van der Waals surface area contributed by atoms with E-state index >= 15 is 0 Å². The molecule has 0 radical (unpaired) electrons. The van der Waals surface area contributed by atoms with Gasteiger partial charge in [0.25, 0.3) is 0 Å². The summed E-state index contributed by atoms with van der Waals surface area (Å²) in [6, 6.07) is 18.1. The Hall–Kier alpha value is -2.35. The van der Waals surface area contributed by atoms with E-state index in [1.54, 1.807) is 6.92 Å². The van der Waals surface area contributed by atoms with Crippen LogP contribution < -0.4 is 0 Å². The molecule has 0 saturated carbocycles. The number of rotatable bonds is 4. The van der Waals surface area contributed by atoms with Crippen LogP contribution in [0, 0.1) is 6.92 Å². The fourth-order valence-corrected chi connectivity index (χ4v) is 2.28. The molecule has 0 aliphatic heterocycles. The molecule has 1 N–H and O–H groups in total. The van der Waals surface area contributed by atoms with Crippen LogP contribution in [0.2, 0.25) is 0 Å². The van der Waals surface area contributed by atoms with Crippen LogP contribution in [0.25, 0.3) is 0 Å². The maximum atomic E-state index is 11.1. The zero-order valence-corrected chi connectivity index (χ0v) is 11.7. The summed E-state index contributed by atoms with van der Waals surface area (Å²) in [5, 5.41) is 9.13. The lowest BCUT2D eigenvalue weighted by Crippen LogP contribution is -2.04. The van der Waals surface area contributed by atoms with Crippen LogP contribution in [0.15, 0.2) is 66.2 Å². The lowest BCUT2D eigenvalue weighted by molar-refractivity contribution is -0.132. The van der Waals surface area contributed by atoms with Gasteiger partial charge in [-0.1, -0.05) is 60.7 Å². The van der Waals surface area contributed by atoms with Crippen LogP contribution in [0.5, 0.6) is 0 Å². The predicted molar refractivity (Wildman–Crippen MR) is 80.9 cm³/mol. The van der Waals surface area contributed by atoms with Gasteiger partial charge in [0.05, 0.1) is 0 Å². The van der Waals surface area contributed by atoms with Gasteiger partial charge in [-0.15, -0.1) is 0 Å². The lowest BCUT2D eigenvalue weighted by atomic mass is 9.87. The van der Waals surface area contributed by atoms with Crippen molar-refractivity contribution in [3.63, 3.8) is 0 Å². The number of aliphatic carboxylic acids is 1. The average molecular weight is 266 g/mol. The Kier molecular flexibility index (Phi) is 4.36. The third-order valence-corrected chi connectivity index (χ3v) is 3.44. The third-order valence-electron chi connectivity index (χ3n) is 3.44. The van der Waals surface area contributed by atoms with Crippen molar-refractivity contribution < 1.29 is 9.90 Å². The first-order valence-corrected chi connectivity index (χ1v) is 6.62. The topological polar surface area (TPSA) is 37.3 Å². The van der Waals surface area contributed by atoms with Crippen molar-refractivity contribution in [2.75, 3.05) is 0 Å². The van der Waals surface area contributed by atoms with Gasteiger partial charge in [-0.2, -0.15) is 0 Å². The van der Waals surface area contributed by atoms with Crippen molar-refractivity contribution in [3.05, 3.63) is 82.9 Å². The molecule has 0 saturated heterocycles. The fraction of sp³-hybridized carbons (Fsp3) is 0.167. The summed E-state index contributed by atoms with van der Waals surface area (Å²) in [5.41, 5.74) is 3.76. The zero-order chi connectivity index (χ0) is 14.5. The molecular weight excluding hydrogens is 248 g/mol. The van der Waals surface area contributed by atoms with Gasteiger partial charge in [-0.05, 0) is 30.5 Å². The number of allylic oxidation sites excluding steroid dienone is 1. The average Bonchev–Trinajstić information content (AvgIpc) is 2.46. The standard InChI is InChI=1S/C18H18O2/c1-13-8-6-7-11-16(13)17(12-14(2)18(19)20)15-9-4-3-5-10-15/h3-12,17H,1-2H3,(H,19,20). The quantitative estimate of drug-likeness (QED) is 0.844. The molecule has 1 atom stereocenters. The minimum absolute atomic E-state index is 0.0338. The van der Waals surface area contributed by atoms with Gasteiger partial charge in [0, 0.05) is 11.5 Å².